The third kappa shape index (κ3) is 5.21. The topological polar surface area (TPSA) is 54.9 Å². The van der Waals surface area contributed by atoms with E-state index in [2.05, 4.69) is 54.0 Å². The predicted molar refractivity (Wildman–Crippen MR) is 112 cm³/mol. The van der Waals surface area contributed by atoms with Crippen molar-refractivity contribution in [3.8, 4) is 5.75 Å². The summed E-state index contributed by atoms with van der Waals surface area (Å²) in [5, 5.41) is 5.04. The van der Waals surface area contributed by atoms with E-state index in [4.69, 9.17) is 4.74 Å². The summed E-state index contributed by atoms with van der Waals surface area (Å²) in [4.78, 5) is 12.6. The summed E-state index contributed by atoms with van der Waals surface area (Å²) in [5.41, 5.74) is 4.28. The number of anilines is 1. The van der Waals surface area contributed by atoms with E-state index in [0.717, 1.165) is 0 Å². The Labute approximate surface area is 166 Å². The molecule has 3 rings (SSSR count). The van der Waals surface area contributed by atoms with Crippen LogP contribution in [0.2, 0.25) is 0 Å². The molecule has 3 aromatic rings. The number of quaternary nitrogens is 1. The molecule has 0 aromatic heterocycles. The largest absolute Gasteiger partial charge is 0.492 e. The number of hydrogen-bond acceptors (Lipinski definition) is 2. The van der Waals surface area contributed by atoms with Gasteiger partial charge in [0.15, 0.2) is 6.54 Å². The molecule has 0 aliphatic heterocycles. The minimum absolute atomic E-state index is 0.0554. The van der Waals surface area contributed by atoms with Gasteiger partial charge in [-0.2, -0.15) is 0 Å². The molecule has 28 heavy (non-hydrogen) atoms. The first-order chi connectivity index (χ1) is 13.7. The van der Waals surface area contributed by atoms with E-state index in [1.165, 1.54) is 16.7 Å². The molecule has 3 aromatic carbocycles. The van der Waals surface area contributed by atoms with E-state index >= 15 is 0 Å². The van der Waals surface area contributed by atoms with Gasteiger partial charge in [-0.1, -0.05) is 72.3 Å². The number of nitrogens with two attached hydrogens (primary N) is 1. The normalized spacial score (nSPS) is 11.6. The third-order valence-electron chi connectivity index (χ3n) is 4.60. The predicted octanol–water partition coefficient (Wildman–Crippen LogP) is 3.69. The zero-order valence-corrected chi connectivity index (χ0v) is 16.4. The van der Waals surface area contributed by atoms with E-state index in [-0.39, 0.29) is 11.9 Å². The van der Waals surface area contributed by atoms with E-state index < -0.39 is 0 Å². The summed E-state index contributed by atoms with van der Waals surface area (Å²) >= 11 is 0. The second-order valence-corrected chi connectivity index (χ2v) is 6.72. The molecular formula is C24H27N2O2+. The van der Waals surface area contributed by atoms with Crippen LogP contribution < -0.4 is 15.4 Å². The molecule has 4 nitrogen and oxygen atoms in total. The molecule has 0 aliphatic carbocycles. The van der Waals surface area contributed by atoms with Crippen LogP contribution in [0.4, 0.5) is 5.69 Å². The van der Waals surface area contributed by atoms with Crippen LogP contribution in [0.5, 0.6) is 5.75 Å². The van der Waals surface area contributed by atoms with Gasteiger partial charge in [-0.3, -0.25) is 4.79 Å². The van der Waals surface area contributed by atoms with Gasteiger partial charge in [0.2, 0.25) is 0 Å². The molecule has 4 heteroatoms. The SMILES string of the molecule is CCOc1ccccc1NC(=O)C[NH2+][C@@H](c1ccccc1)c1ccc(C)cc1. The van der Waals surface area contributed by atoms with Gasteiger partial charge in [-0.15, -0.1) is 0 Å². The van der Waals surface area contributed by atoms with E-state index in [0.29, 0.717) is 24.6 Å². The average molecular weight is 375 g/mol. The molecule has 0 bridgehead atoms. The van der Waals surface area contributed by atoms with Gasteiger partial charge in [0.05, 0.1) is 12.3 Å². The Balaban J connectivity index is 1.72. The van der Waals surface area contributed by atoms with E-state index in [1.54, 1.807) is 0 Å². The fraction of sp³-hybridized carbons (Fsp3) is 0.208. The number of ether oxygens (including phenoxy) is 1. The molecule has 0 heterocycles. The Bertz CT molecular complexity index is 892. The van der Waals surface area contributed by atoms with Crippen molar-refractivity contribution in [1.29, 1.82) is 0 Å². The summed E-state index contributed by atoms with van der Waals surface area (Å²) in [6.45, 7) is 4.88. The molecule has 144 valence electrons. The zero-order valence-electron chi connectivity index (χ0n) is 16.4. The number of carbonyl (C=O) groups excluding carboxylic acids is 1. The van der Waals surface area contributed by atoms with Crippen molar-refractivity contribution in [2.45, 2.75) is 19.9 Å². The van der Waals surface area contributed by atoms with Crippen LogP contribution in [0.1, 0.15) is 29.7 Å². The zero-order chi connectivity index (χ0) is 19.8. The number of aryl methyl sites for hydroxylation is 1. The van der Waals surface area contributed by atoms with Gasteiger partial charge in [0, 0.05) is 11.1 Å². The van der Waals surface area contributed by atoms with Crippen LogP contribution >= 0.6 is 0 Å². The smallest absolute Gasteiger partial charge is 0.279 e. The minimum atomic E-state index is -0.0554. The highest BCUT2D eigenvalue weighted by atomic mass is 16.5. The maximum Gasteiger partial charge on any atom is 0.279 e. The molecule has 1 amide bonds. The number of amides is 1. The number of para-hydroxylation sites is 2. The van der Waals surface area contributed by atoms with E-state index in [1.807, 2.05) is 49.4 Å². The average Bonchev–Trinajstić information content (AvgIpc) is 2.72. The lowest BCUT2D eigenvalue weighted by Gasteiger charge is -2.17. The van der Waals surface area contributed by atoms with Crippen LogP contribution in [0.25, 0.3) is 0 Å². The molecule has 0 spiro atoms. The fourth-order valence-electron chi connectivity index (χ4n) is 3.18. The van der Waals surface area contributed by atoms with Gasteiger partial charge < -0.3 is 15.4 Å². The lowest BCUT2D eigenvalue weighted by molar-refractivity contribution is -0.676. The molecule has 1 atom stereocenters. The molecule has 0 saturated heterocycles. The number of rotatable bonds is 8. The maximum absolute atomic E-state index is 12.6. The lowest BCUT2D eigenvalue weighted by Crippen LogP contribution is -2.87. The highest BCUT2D eigenvalue weighted by Gasteiger charge is 2.19. The first kappa shape index (κ1) is 19.6. The van der Waals surface area contributed by atoms with Crippen molar-refractivity contribution >= 4 is 11.6 Å². The van der Waals surface area contributed by atoms with Crippen molar-refractivity contribution in [2.75, 3.05) is 18.5 Å². The van der Waals surface area contributed by atoms with E-state index in [9.17, 15) is 4.79 Å². The highest BCUT2D eigenvalue weighted by Crippen LogP contribution is 2.23. The van der Waals surface area contributed by atoms with Gasteiger partial charge in [-0.05, 0) is 26.0 Å². The van der Waals surface area contributed by atoms with Gasteiger partial charge in [-0.25, -0.2) is 0 Å². The summed E-state index contributed by atoms with van der Waals surface area (Å²) < 4.78 is 5.59. The van der Waals surface area contributed by atoms with Crippen molar-refractivity contribution in [2.24, 2.45) is 0 Å². The molecule has 0 aliphatic rings. The van der Waals surface area contributed by atoms with Crippen molar-refractivity contribution < 1.29 is 14.8 Å². The molecule has 0 unspecified atom stereocenters. The molecule has 0 saturated carbocycles. The Morgan fingerprint density at radius 2 is 1.57 bits per heavy atom. The summed E-state index contributed by atoms with van der Waals surface area (Å²) in [6, 6.07) is 26.3. The Morgan fingerprint density at radius 3 is 2.29 bits per heavy atom. The fourth-order valence-corrected chi connectivity index (χ4v) is 3.18. The first-order valence-corrected chi connectivity index (χ1v) is 9.64. The van der Waals surface area contributed by atoms with Gasteiger partial charge in [0.1, 0.15) is 11.8 Å². The third-order valence-corrected chi connectivity index (χ3v) is 4.60. The van der Waals surface area contributed by atoms with Crippen molar-refractivity contribution in [1.82, 2.24) is 0 Å². The molecular weight excluding hydrogens is 348 g/mol. The van der Waals surface area contributed by atoms with Crippen LogP contribution in [-0.4, -0.2) is 19.1 Å². The van der Waals surface area contributed by atoms with Crippen molar-refractivity contribution in [3.05, 3.63) is 95.6 Å². The highest BCUT2D eigenvalue weighted by molar-refractivity contribution is 5.92. The van der Waals surface area contributed by atoms with Crippen molar-refractivity contribution in [3.63, 3.8) is 0 Å². The monoisotopic (exact) mass is 375 g/mol. The van der Waals surface area contributed by atoms with Crippen LogP contribution in [0.3, 0.4) is 0 Å². The lowest BCUT2D eigenvalue weighted by atomic mass is 9.98. The van der Waals surface area contributed by atoms with Crippen LogP contribution in [0, 0.1) is 6.92 Å². The quantitative estimate of drug-likeness (QED) is 0.631. The standard InChI is InChI=1S/C24H26N2O2/c1-3-28-22-12-8-7-11-21(22)26-23(27)17-25-24(19-9-5-4-6-10-19)20-15-13-18(2)14-16-20/h4-16,24-25H,3,17H2,1-2H3,(H,26,27)/p+1/t24-/m0/s1. The summed E-state index contributed by atoms with van der Waals surface area (Å²) in [5.74, 6) is 0.636. The number of carbonyl (C=O) groups is 1. The van der Waals surface area contributed by atoms with Gasteiger partial charge >= 0.3 is 0 Å². The Kier molecular flexibility index (Phi) is 6.82. The first-order valence-electron chi connectivity index (χ1n) is 9.64. The number of nitrogens with one attached hydrogen (secondary N) is 1. The van der Waals surface area contributed by atoms with Gasteiger partial charge in [0.25, 0.3) is 5.91 Å². The second-order valence-electron chi connectivity index (χ2n) is 6.72. The molecule has 0 fully saturated rings. The molecule has 0 radical (unpaired) electrons. The Morgan fingerprint density at radius 1 is 0.929 bits per heavy atom. The Hall–Kier alpha value is -3.11. The van der Waals surface area contributed by atoms with Crippen LogP contribution in [0.15, 0.2) is 78.9 Å². The number of benzene rings is 3. The van der Waals surface area contributed by atoms with Crippen LogP contribution in [-0.2, 0) is 4.79 Å². The summed E-state index contributed by atoms with van der Waals surface area (Å²) in [7, 11) is 0. The maximum atomic E-state index is 12.6. The molecule has 3 N–H and O–H groups in total. The minimum Gasteiger partial charge on any atom is -0.492 e. The second kappa shape index (κ2) is 9.72. The summed E-state index contributed by atoms with van der Waals surface area (Å²) in [6.07, 6.45) is 0. The number of hydrogen-bond donors (Lipinski definition) is 2.